The minimum atomic E-state index is 0.745. The van der Waals surface area contributed by atoms with Gasteiger partial charge in [0.25, 0.3) is 0 Å². The molecule has 2 N–H and O–H groups in total. The van der Waals surface area contributed by atoms with Gasteiger partial charge in [0.05, 0.1) is 23.1 Å². The maximum atomic E-state index is 4.48. The Kier molecular flexibility index (Phi) is 2.71. The summed E-state index contributed by atoms with van der Waals surface area (Å²) in [4.78, 5) is 8.87. The number of H-pyrrole nitrogens is 1. The summed E-state index contributed by atoms with van der Waals surface area (Å²) in [7, 11) is 0. The Morgan fingerprint density at radius 1 is 1.29 bits per heavy atom. The summed E-state index contributed by atoms with van der Waals surface area (Å²) < 4.78 is 2.00. The Bertz CT molecular complexity index is 889. The van der Waals surface area contributed by atoms with Gasteiger partial charge in [0.2, 0.25) is 0 Å². The van der Waals surface area contributed by atoms with E-state index >= 15 is 0 Å². The van der Waals surface area contributed by atoms with E-state index in [0.717, 1.165) is 27.7 Å². The van der Waals surface area contributed by atoms with E-state index in [9.17, 15) is 0 Å². The van der Waals surface area contributed by atoms with E-state index in [4.69, 9.17) is 0 Å². The summed E-state index contributed by atoms with van der Waals surface area (Å²) in [6, 6.07) is 2.09. The molecular formula is C14H12N6S. The number of hydrogen-bond acceptors (Lipinski definition) is 5. The molecule has 0 atom stereocenters. The van der Waals surface area contributed by atoms with Gasteiger partial charge < -0.3 is 5.32 Å². The first kappa shape index (κ1) is 12.1. The van der Waals surface area contributed by atoms with Crippen LogP contribution in [0.2, 0.25) is 0 Å². The van der Waals surface area contributed by atoms with Gasteiger partial charge in [0.15, 0.2) is 11.5 Å². The van der Waals surface area contributed by atoms with E-state index in [1.807, 2.05) is 23.0 Å². The van der Waals surface area contributed by atoms with Crippen molar-refractivity contribution in [2.24, 2.45) is 0 Å². The molecule has 7 heteroatoms. The molecule has 0 aliphatic rings. The van der Waals surface area contributed by atoms with Crippen LogP contribution in [0.4, 0.5) is 10.8 Å². The minimum absolute atomic E-state index is 0.745. The third kappa shape index (κ3) is 2.07. The van der Waals surface area contributed by atoms with Crippen LogP contribution >= 0.6 is 11.3 Å². The number of imidazole rings is 1. The Hall–Kier alpha value is -2.67. The smallest absolute Gasteiger partial charge is 0.180 e. The number of anilines is 2. The van der Waals surface area contributed by atoms with Gasteiger partial charge in [0, 0.05) is 24.2 Å². The molecule has 4 aromatic heterocycles. The van der Waals surface area contributed by atoms with Crippen LogP contribution in [0.5, 0.6) is 0 Å². The quantitative estimate of drug-likeness (QED) is 0.609. The van der Waals surface area contributed by atoms with Gasteiger partial charge in [-0.25, -0.2) is 9.97 Å². The second-order valence-corrected chi connectivity index (χ2v) is 5.62. The summed E-state index contributed by atoms with van der Waals surface area (Å²) in [5.74, 6) is 0.745. The average molecular weight is 296 g/mol. The summed E-state index contributed by atoms with van der Waals surface area (Å²) in [5, 5.41) is 13.3. The summed E-state index contributed by atoms with van der Waals surface area (Å²) >= 11 is 1.65. The second-order valence-electron chi connectivity index (χ2n) is 4.71. The lowest BCUT2D eigenvalue weighted by molar-refractivity contribution is 1.09. The fourth-order valence-electron chi connectivity index (χ4n) is 2.23. The van der Waals surface area contributed by atoms with Gasteiger partial charge in [-0.1, -0.05) is 0 Å². The molecule has 4 heterocycles. The highest BCUT2D eigenvalue weighted by molar-refractivity contribution is 7.14. The van der Waals surface area contributed by atoms with E-state index in [1.54, 1.807) is 23.7 Å². The monoisotopic (exact) mass is 296 g/mol. The van der Waals surface area contributed by atoms with Crippen molar-refractivity contribution >= 4 is 27.8 Å². The van der Waals surface area contributed by atoms with Crippen LogP contribution in [0.25, 0.3) is 16.9 Å². The maximum Gasteiger partial charge on any atom is 0.180 e. The van der Waals surface area contributed by atoms with Crippen LogP contribution in [-0.4, -0.2) is 24.6 Å². The molecule has 104 valence electrons. The highest BCUT2D eigenvalue weighted by atomic mass is 32.1. The third-order valence-electron chi connectivity index (χ3n) is 3.19. The van der Waals surface area contributed by atoms with Gasteiger partial charge in [-0.05, 0) is 23.9 Å². The minimum Gasteiger partial charge on any atom is -0.329 e. The van der Waals surface area contributed by atoms with Gasteiger partial charge in [-0.3, -0.25) is 9.50 Å². The molecular weight excluding hydrogens is 284 g/mol. The van der Waals surface area contributed by atoms with E-state index in [1.165, 1.54) is 5.56 Å². The topological polar surface area (TPSA) is 70.9 Å². The third-order valence-corrected chi connectivity index (χ3v) is 4.16. The molecule has 0 radical (unpaired) electrons. The number of aromatic amines is 1. The van der Waals surface area contributed by atoms with Crippen molar-refractivity contribution < 1.29 is 0 Å². The zero-order valence-electron chi connectivity index (χ0n) is 11.2. The number of fused-ring (bicyclic) bond motifs is 1. The number of nitrogens with one attached hydrogen (secondary N) is 2. The molecule has 21 heavy (non-hydrogen) atoms. The molecule has 0 unspecified atom stereocenters. The average Bonchev–Trinajstić information content (AvgIpc) is 3.18. The van der Waals surface area contributed by atoms with Crippen molar-refractivity contribution in [3.63, 3.8) is 0 Å². The number of rotatable bonds is 3. The van der Waals surface area contributed by atoms with Crippen LogP contribution in [-0.2, 0) is 0 Å². The fraction of sp³-hybridized carbons (Fsp3) is 0.0714. The molecule has 4 aromatic rings. The number of thiophene rings is 1. The van der Waals surface area contributed by atoms with Crippen molar-refractivity contribution in [1.29, 1.82) is 0 Å². The number of hydrogen-bond donors (Lipinski definition) is 2. The SMILES string of the molecule is Cc1csc(Nc2nccn3c(-c4cn[nH]c4)cnc23)c1. The molecule has 0 spiro atoms. The van der Waals surface area contributed by atoms with Gasteiger partial charge in [-0.2, -0.15) is 5.10 Å². The Balaban J connectivity index is 1.80. The highest BCUT2D eigenvalue weighted by Gasteiger charge is 2.11. The first-order valence-electron chi connectivity index (χ1n) is 6.44. The van der Waals surface area contributed by atoms with Crippen molar-refractivity contribution in [3.05, 3.63) is 48.0 Å². The van der Waals surface area contributed by atoms with Crippen molar-refractivity contribution in [1.82, 2.24) is 24.6 Å². The molecule has 0 aliphatic carbocycles. The summed E-state index contributed by atoms with van der Waals surface area (Å²) in [5.41, 5.74) is 4.00. The predicted molar refractivity (Wildman–Crippen MR) is 82.9 cm³/mol. The largest absolute Gasteiger partial charge is 0.329 e. The maximum absolute atomic E-state index is 4.48. The Morgan fingerprint density at radius 2 is 2.24 bits per heavy atom. The van der Waals surface area contributed by atoms with Crippen LogP contribution in [0.15, 0.2) is 42.4 Å². The van der Waals surface area contributed by atoms with Crippen LogP contribution in [0.1, 0.15) is 5.56 Å². The predicted octanol–water partition coefficient (Wildman–Crippen LogP) is 3.23. The van der Waals surface area contributed by atoms with Crippen LogP contribution in [0.3, 0.4) is 0 Å². The summed E-state index contributed by atoms with van der Waals surface area (Å²) in [6.07, 6.45) is 9.11. The number of aromatic nitrogens is 5. The zero-order chi connectivity index (χ0) is 14.2. The Labute approximate surface area is 124 Å². The highest BCUT2D eigenvalue weighted by Crippen LogP contribution is 2.27. The first-order chi connectivity index (χ1) is 10.3. The molecule has 0 aromatic carbocycles. The zero-order valence-corrected chi connectivity index (χ0v) is 12.1. The second kappa shape index (κ2) is 4.71. The molecule has 0 saturated heterocycles. The lowest BCUT2D eigenvalue weighted by atomic mass is 10.3. The van der Waals surface area contributed by atoms with Crippen molar-refractivity contribution in [3.8, 4) is 11.3 Å². The van der Waals surface area contributed by atoms with Gasteiger partial charge in [0.1, 0.15) is 0 Å². The standard InChI is InChI=1S/C14H12N6S/c1-9-4-12(21-8-9)19-13-14-16-7-11(10-5-17-18-6-10)20(14)3-2-15-13/h2-8H,1H3,(H,15,19)(H,17,18). The van der Waals surface area contributed by atoms with Gasteiger partial charge >= 0.3 is 0 Å². The van der Waals surface area contributed by atoms with Crippen molar-refractivity contribution in [2.45, 2.75) is 6.92 Å². The van der Waals surface area contributed by atoms with Crippen molar-refractivity contribution in [2.75, 3.05) is 5.32 Å². The summed E-state index contributed by atoms with van der Waals surface area (Å²) in [6.45, 7) is 2.07. The lowest BCUT2D eigenvalue weighted by Gasteiger charge is -2.05. The molecule has 0 amide bonds. The molecule has 6 nitrogen and oxygen atoms in total. The van der Waals surface area contributed by atoms with E-state index < -0.39 is 0 Å². The fourth-order valence-corrected chi connectivity index (χ4v) is 3.02. The molecule has 4 rings (SSSR count). The van der Waals surface area contributed by atoms with Crippen LogP contribution < -0.4 is 5.32 Å². The van der Waals surface area contributed by atoms with E-state index in [-0.39, 0.29) is 0 Å². The molecule has 0 saturated carbocycles. The Morgan fingerprint density at radius 3 is 3.00 bits per heavy atom. The molecule has 0 aliphatic heterocycles. The first-order valence-corrected chi connectivity index (χ1v) is 7.32. The number of nitrogens with zero attached hydrogens (tertiary/aromatic N) is 4. The number of aryl methyl sites for hydroxylation is 1. The lowest BCUT2D eigenvalue weighted by Crippen LogP contribution is -1.97. The molecule has 0 fully saturated rings. The van der Waals surface area contributed by atoms with E-state index in [2.05, 4.69) is 43.9 Å². The molecule has 0 bridgehead atoms. The van der Waals surface area contributed by atoms with E-state index in [0.29, 0.717) is 0 Å². The van der Waals surface area contributed by atoms with Gasteiger partial charge in [-0.15, -0.1) is 11.3 Å². The van der Waals surface area contributed by atoms with Crippen LogP contribution in [0, 0.1) is 6.92 Å². The normalized spacial score (nSPS) is 11.1.